The Hall–Kier alpha value is -4.17. The van der Waals surface area contributed by atoms with E-state index in [1.807, 2.05) is 84.0 Å². The SMILES string of the molecule is CCc1cccc(C)c1N(C(=O)Cn1c(C2CC(=O)N(c3ccccc3OC)C2)nc2ccccc21)C(C)COC. The third-order valence-corrected chi connectivity index (χ3v) is 7.90. The smallest absolute Gasteiger partial charge is 0.247 e. The van der Waals surface area contributed by atoms with Crippen molar-refractivity contribution in [2.75, 3.05) is 37.2 Å². The molecule has 1 fully saturated rings. The van der Waals surface area contributed by atoms with Gasteiger partial charge in [0, 0.05) is 26.0 Å². The standard InChI is InChI=1S/C33H38N4O4/c1-6-24-13-11-12-22(2)32(24)37(23(3)21-40-4)31(39)20-36-27-15-8-7-14-26(27)34-33(36)25-18-30(38)35(19-25)28-16-9-10-17-29(28)41-5/h7-17,23,25H,6,18-21H2,1-5H3. The zero-order valence-corrected chi connectivity index (χ0v) is 24.5. The third kappa shape index (κ3) is 5.44. The highest BCUT2D eigenvalue weighted by atomic mass is 16.5. The van der Waals surface area contributed by atoms with Gasteiger partial charge in [0.2, 0.25) is 11.8 Å². The van der Waals surface area contributed by atoms with Crippen LogP contribution in [0.2, 0.25) is 0 Å². The Morgan fingerprint density at radius 1 is 1.07 bits per heavy atom. The number of methoxy groups -OCH3 is 2. The molecule has 2 heterocycles. The summed E-state index contributed by atoms with van der Waals surface area (Å²) in [7, 11) is 3.26. The van der Waals surface area contributed by atoms with Crippen LogP contribution in [0.5, 0.6) is 5.75 Å². The molecule has 214 valence electrons. The highest BCUT2D eigenvalue weighted by molar-refractivity contribution is 5.98. The Morgan fingerprint density at radius 2 is 1.83 bits per heavy atom. The van der Waals surface area contributed by atoms with Crippen LogP contribution >= 0.6 is 0 Å². The van der Waals surface area contributed by atoms with Gasteiger partial charge in [0.15, 0.2) is 0 Å². The van der Waals surface area contributed by atoms with E-state index in [1.165, 1.54) is 0 Å². The summed E-state index contributed by atoms with van der Waals surface area (Å²) in [6.45, 7) is 7.13. The lowest BCUT2D eigenvalue weighted by atomic mass is 10.0. The summed E-state index contributed by atoms with van der Waals surface area (Å²) in [5, 5.41) is 0. The van der Waals surface area contributed by atoms with Crippen LogP contribution in [0.4, 0.5) is 11.4 Å². The maximum atomic E-state index is 14.3. The summed E-state index contributed by atoms with van der Waals surface area (Å²) in [5.74, 6) is 1.17. The summed E-state index contributed by atoms with van der Waals surface area (Å²) < 4.78 is 13.0. The van der Waals surface area contributed by atoms with Crippen molar-refractivity contribution < 1.29 is 19.1 Å². The van der Waals surface area contributed by atoms with Crippen LogP contribution in [-0.2, 0) is 27.3 Å². The van der Waals surface area contributed by atoms with Gasteiger partial charge < -0.3 is 23.8 Å². The van der Waals surface area contributed by atoms with Crippen molar-refractivity contribution in [3.05, 3.63) is 83.7 Å². The lowest BCUT2D eigenvalue weighted by Crippen LogP contribution is -2.44. The van der Waals surface area contributed by atoms with Crippen molar-refractivity contribution in [2.24, 2.45) is 0 Å². The van der Waals surface area contributed by atoms with Crippen molar-refractivity contribution in [1.82, 2.24) is 9.55 Å². The first kappa shape index (κ1) is 28.4. The van der Waals surface area contributed by atoms with Gasteiger partial charge >= 0.3 is 0 Å². The second-order valence-corrected chi connectivity index (χ2v) is 10.6. The maximum absolute atomic E-state index is 14.3. The first-order chi connectivity index (χ1) is 19.9. The Bertz CT molecular complexity index is 1560. The molecule has 0 N–H and O–H groups in total. The molecule has 1 aromatic heterocycles. The summed E-state index contributed by atoms with van der Waals surface area (Å²) in [4.78, 5) is 36.2. The normalized spacial score (nSPS) is 15.9. The molecule has 0 spiro atoms. The fourth-order valence-electron chi connectivity index (χ4n) is 6.01. The van der Waals surface area contributed by atoms with Crippen molar-refractivity contribution in [3.8, 4) is 5.75 Å². The molecule has 41 heavy (non-hydrogen) atoms. The van der Waals surface area contributed by atoms with E-state index in [4.69, 9.17) is 14.5 Å². The number of anilines is 2. The van der Waals surface area contributed by atoms with Gasteiger partial charge in [-0.15, -0.1) is 0 Å². The number of nitrogens with zero attached hydrogens (tertiary/aromatic N) is 4. The average Bonchev–Trinajstić information content (AvgIpc) is 3.54. The van der Waals surface area contributed by atoms with Crippen LogP contribution < -0.4 is 14.5 Å². The van der Waals surface area contributed by atoms with Gasteiger partial charge in [-0.25, -0.2) is 4.98 Å². The number of aromatic nitrogens is 2. The van der Waals surface area contributed by atoms with E-state index in [1.54, 1.807) is 19.1 Å². The van der Waals surface area contributed by atoms with E-state index in [9.17, 15) is 9.59 Å². The molecule has 1 aliphatic rings. The van der Waals surface area contributed by atoms with E-state index in [-0.39, 0.29) is 30.3 Å². The number of para-hydroxylation sites is 5. The molecule has 8 heteroatoms. The molecule has 0 aliphatic carbocycles. The number of amides is 2. The number of carbonyl (C=O) groups is 2. The molecule has 2 amide bonds. The second-order valence-electron chi connectivity index (χ2n) is 10.6. The second kappa shape index (κ2) is 12.1. The summed E-state index contributed by atoms with van der Waals surface area (Å²) in [6, 6.07) is 21.4. The van der Waals surface area contributed by atoms with Crippen molar-refractivity contribution in [1.29, 1.82) is 0 Å². The first-order valence-corrected chi connectivity index (χ1v) is 14.2. The van der Waals surface area contributed by atoms with E-state index >= 15 is 0 Å². The Balaban J connectivity index is 1.54. The minimum absolute atomic E-state index is 0.00674. The number of hydrogen-bond donors (Lipinski definition) is 0. The third-order valence-electron chi connectivity index (χ3n) is 7.90. The molecule has 0 bridgehead atoms. The quantitative estimate of drug-likeness (QED) is 0.259. The van der Waals surface area contributed by atoms with Gasteiger partial charge in [0.05, 0.1) is 42.2 Å². The summed E-state index contributed by atoms with van der Waals surface area (Å²) in [5.41, 5.74) is 5.52. The predicted molar refractivity (Wildman–Crippen MR) is 162 cm³/mol. The number of fused-ring (bicyclic) bond motifs is 1. The number of rotatable bonds is 10. The number of carbonyl (C=O) groups excluding carboxylic acids is 2. The molecule has 5 rings (SSSR count). The molecule has 2 unspecified atom stereocenters. The topological polar surface area (TPSA) is 76.9 Å². The first-order valence-electron chi connectivity index (χ1n) is 14.2. The van der Waals surface area contributed by atoms with Crippen LogP contribution in [0.15, 0.2) is 66.7 Å². The predicted octanol–water partition coefficient (Wildman–Crippen LogP) is 5.50. The molecule has 4 aromatic rings. The van der Waals surface area contributed by atoms with Crippen molar-refractivity contribution in [3.63, 3.8) is 0 Å². The molecule has 3 aromatic carbocycles. The number of imidazole rings is 1. The molecule has 2 atom stereocenters. The number of benzene rings is 3. The fourth-order valence-corrected chi connectivity index (χ4v) is 6.01. The minimum Gasteiger partial charge on any atom is -0.495 e. The maximum Gasteiger partial charge on any atom is 0.247 e. The number of hydrogen-bond acceptors (Lipinski definition) is 5. The Labute approximate surface area is 241 Å². The minimum atomic E-state index is -0.179. The van der Waals surface area contributed by atoms with Crippen LogP contribution in [0.25, 0.3) is 11.0 Å². The van der Waals surface area contributed by atoms with Crippen molar-refractivity contribution in [2.45, 2.75) is 52.1 Å². The van der Waals surface area contributed by atoms with Gasteiger partial charge in [-0.1, -0.05) is 49.4 Å². The number of ether oxygens (including phenoxy) is 2. The van der Waals surface area contributed by atoms with Gasteiger partial charge in [0.25, 0.3) is 0 Å². The molecular weight excluding hydrogens is 516 g/mol. The fraction of sp³-hybridized carbons (Fsp3) is 0.364. The van der Waals surface area contributed by atoms with Gasteiger partial charge in [-0.3, -0.25) is 9.59 Å². The van der Waals surface area contributed by atoms with Crippen LogP contribution in [0, 0.1) is 6.92 Å². The molecule has 8 nitrogen and oxygen atoms in total. The zero-order chi connectivity index (χ0) is 29.1. The van der Waals surface area contributed by atoms with E-state index in [2.05, 4.69) is 13.0 Å². The molecule has 1 aliphatic heterocycles. The molecular formula is C33H38N4O4. The van der Waals surface area contributed by atoms with Gasteiger partial charge in [-0.2, -0.15) is 0 Å². The average molecular weight is 555 g/mol. The highest BCUT2D eigenvalue weighted by Gasteiger charge is 2.37. The van der Waals surface area contributed by atoms with Crippen molar-refractivity contribution >= 4 is 34.2 Å². The molecule has 0 saturated carbocycles. The van der Waals surface area contributed by atoms with Gasteiger partial charge in [0.1, 0.15) is 18.1 Å². The lowest BCUT2D eigenvalue weighted by molar-refractivity contribution is -0.120. The summed E-state index contributed by atoms with van der Waals surface area (Å²) in [6.07, 6.45) is 1.11. The molecule has 0 radical (unpaired) electrons. The Kier molecular flexibility index (Phi) is 8.40. The van der Waals surface area contributed by atoms with E-state index in [0.29, 0.717) is 25.3 Å². The van der Waals surface area contributed by atoms with Crippen LogP contribution in [-0.4, -0.2) is 54.8 Å². The monoisotopic (exact) mass is 554 g/mol. The van der Waals surface area contributed by atoms with Crippen LogP contribution in [0.3, 0.4) is 0 Å². The van der Waals surface area contributed by atoms with Crippen LogP contribution in [0.1, 0.15) is 43.1 Å². The van der Waals surface area contributed by atoms with Gasteiger partial charge in [-0.05, 0) is 55.7 Å². The summed E-state index contributed by atoms with van der Waals surface area (Å²) >= 11 is 0. The zero-order valence-electron chi connectivity index (χ0n) is 24.5. The Morgan fingerprint density at radius 3 is 2.59 bits per heavy atom. The lowest BCUT2D eigenvalue weighted by Gasteiger charge is -2.32. The van der Waals surface area contributed by atoms with E-state index < -0.39 is 0 Å². The number of aryl methyl sites for hydroxylation is 2. The molecule has 1 saturated heterocycles. The van der Waals surface area contributed by atoms with E-state index in [0.717, 1.165) is 45.8 Å². The highest BCUT2D eigenvalue weighted by Crippen LogP contribution is 2.37. The largest absolute Gasteiger partial charge is 0.495 e.